The zero-order valence-electron chi connectivity index (χ0n) is 13.3. The maximum atomic E-state index is 10.3. The third kappa shape index (κ3) is 5.51. The van der Waals surface area contributed by atoms with Gasteiger partial charge in [0, 0.05) is 12.1 Å². The number of ether oxygens (including phenoxy) is 1. The van der Waals surface area contributed by atoms with Gasteiger partial charge in [0.2, 0.25) is 0 Å². The Bertz CT molecular complexity index is 386. The zero-order chi connectivity index (χ0) is 15.0. The molecule has 0 amide bonds. The van der Waals surface area contributed by atoms with Gasteiger partial charge in [-0.3, -0.25) is 0 Å². The van der Waals surface area contributed by atoms with Crippen molar-refractivity contribution in [2.75, 3.05) is 13.2 Å². The first kappa shape index (κ1) is 17.0. The van der Waals surface area contributed by atoms with E-state index in [0.717, 1.165) is 24.4 Å². The molecular weight excluding hydrogens is 250 g/mol. The van der Waals surface area contributed by atoms with Crippen molar-refractivity contribution in [2.24, 2.45) is 5.92 Å². The second-order valence-electron chi connectivity index (χ2n) is 5.85. The molecule has 0 aromatic heterocycles. The fourth-order valence-electron chi connectivity index (χ4n) is 1.95. The number of para-hydroxylation sites is 1. The first-order valence-corrected chi connectivity index (χ1v) is 7.64. The first-order chi connectivity index (χ1) is 9.50. The highest BCUT2D eigenvalue weighted by molar-refractivity contribution is 5.33. The van der Waals surface area contributed by atoms with Crippen LogP contribution in [0.1, 0.15) is 46.1 Å². The lowest BCUT2D eigenvalue weighted by atomic mass is 9.99. The minimum absolute atomic E-state index is 0.348. The predicted octanol–water partition coefficient (Wildman–Crippen LogP) is 3.36. The molecule has 1 aromatic carbocycles. The van der Waals surface area contributed by atoms with Gasteiger partial charge in [-0.15, -0.1) is 0 Å². The van der Waals surface area contributed by atoms with Gasteiger partial charge in [0.25, 0.3) is 0 Å². The Morgan fingerprint density at radius 2 is 1.85 bits per heavy atom. The maximum absolute atomic E-state index is 10.3. The van der Waals surface area contributed by atoms with Gasteiger partial charge in [-0.05, 0) is 31.4 Å². The highest BCUT2D eigenvalue weighted by Gasteiger charge is 2.23. The average Bonchev–Trinajstić information content (AvgIpc) is 2.45. The van der Waals surface area contributed by atoms with Crippen molar-refractivity contribution >= 4 is 0 Å². The molecule has 2 N–H and O–H groups in total. The van der Waals surface area contributed by atoms with Crippen molar-refractivity contribution in [3.8, 4) is 5.75 Å². The van der Waals surface area contributed by atoms with Gasteiger partial charge < -0.3 is 15.2 Å². The van der Waals surface area contributed by atoms with E-state index in [1.165, 1.54) is 0 Å². The summed E-state index contributed by atoms with van der Waals surface area (Å²) >= 11 is 0. The minimum Gasteiger partial charge on any atom is -0.490 e. The van der Waals surface area contributed by atoms with Gasteiger partial charge in [0.1, 0.15) is 12.4 Å². The van der Waals surface area contributed by atoms with Crippen molar-refractivity contribution in [3.63, 3.8) is 0 Å². The molecule has 0 saturated carbocycles. The third-order valence-electron chi connectivity index (χ3n) is 3.65. The Kier molecular flexibility index (Phi) is 7.03. The van der Waals surface area contributed by atoms with Crippen LogP contribution in [-0.2, 0) is 6.54 Å². The third-order valence-corrected chi connectivity index (χ3v) is 3.65. The second kappa shape index (κ2) is 8.28. The fourth-order valence-corrected chi connectivity index (χ4v) is 1.95. The normalized spacial score (nSPS) is 11.9. The summed E-state index contributed by atoms with van der Waals surface area (Å²) in [6.45, 7) is 10.5. The lowest BCUT2D eigenvalue weighted by molar-refractivity contribution is -0.0116. The molecule has 0 spiro atoms. The summed E-state index contributed by atoms with van der Waals surface area (Å²) in [7, 11) is 0. The average molecular weight is 279 g/mol. The summed E-state index contributed by atoms with van der Waals surface area (Å²) in [5.41, 5.74) is 0.418. The van der Waals surface area contributed by atoms with Gasteiger partial charge in [-0.2, -0.15) is 0 Å². The second-order valence-corrected chi connectivity index (χ2v) is 5.85. The van der Waals surface area contributed by atoms with Crippen LogP contribution in [-0.4, -0.2) is 23.9 Å². The van der Waals surface area contributed by atoms with Crippen LogP contribution in [0, 0.1) is 5.92 Å². The van der Waals surface area contributed by atoms with Crippen molar-refractivity contribution < 1.29 is 9.84 Å². The van der Waals surface area contributed by atoms with Gasteiger partial charge in [0.15, 0.2) is 0 Å². The van der Waals surface area contributed by atoms with E-state index in [1.807, 2.05) is 32.0 Å². The summed E-state index contributed by atoms with van der Waals surface area (Å²) in [5, 5.41) is 13.7. The van der Waals surface area contributed by atoms with E-state index in [4.69, 9.17) is 4.74 Å². The lowest BCUT2D eigenvalue weighted by Crippen LogP contribution is -2.34. The number of hydrogen-bond donors (Lipinski definition) is 2. The Morgan fingerprint density at radius 1 is 1.20 bits per heavy atom. The van der Waals surface area contributed by atoms with E-state index in [-0.39, 0.29) is 0 Å². The van der Waals surface area contributed by atoms with E-state index >= 15 is 0 Å². The Balaban J connectivity index is 2.61. The number of rotatable bonds is 9. The van der Waals surface area contributed by atoms with Gasteiger partial charge in [-0.1, -0.05) is 45.9 Å². The van der Waals surface area contributed by atoms with Crippen LogP contribution in [0.5, 0.6) is 5.75 Å². The van der Waals surface area contributed by atoms with Crippen LogP contribution >= 0.6 is 0 Å². The summed E-state index contributed by atoms with van der Waals surface area (Å²) in [6, 6.07) is 8.03. The van der Waals surface area contributed by atoms with E-state index in [0.29, 0.717) is 25.4 Å². The smallest absolute Gasteiger partial charge is 0.123 e. The quantitative estimate of drug-likeness (QED) is 0.728. The summed E-state index contributed by atoms with van der Waals surface area (Å²) < 4.78 is 5.85. The van der Waals surface area contributed by atoms with Crippen molar-refractivity contribution in [3.05, 3.63) is 29.8 Å². The molecule has 0 radical (unpaired) electrons. The van der Waals surface area contributed by atoms with Crippen molar-refractivity contribution in [1.29, 1.82) is 0 Å². The molecule has 0 atom stereocenters. The Hall–Kier alpha value is -1.06. The molecule has 0 fully saturated rings. The summed E-state index contributed by atoms with van der Waals surface area (Å²) in [6.07, 6.45) is 1.41. The molecule has 0 heterocycles. The summed E-state index contributed by atoms with van der Waals surface area (Å²) in [5.74, 6) is 1.50. The largest absolute Gasteiger partial charge is 0.490 e. The number of benzene rings is 1. The van der Waals surface area contributed by atoms with Gasteiger partial charge in [-0.25, -0.2) is 0 Å². The SMILES string of the molecule is CCC(O)(CC)COc1ccccc1CNCC(C)C. The van der Waals surface area contributed by atoms with Crippen LogP contribution in [0.3, 0.4) is 0 Å². The van der Waals surface area contributed by atoms with Crippen LogP contribution in [0.15, 0.2) is 24.3 Å². The molecule has 0 saturated heterocycles. The molecule has 114 valence electrons. The molecule has 0 unspecified atom stereocenters. The predicted molar refractivity (Wildman–Crippen MR) is 84.0 cm³/mol. The Morgan fingerprint density at radius 3 is 2.45 bits per heavy atom. The van der Waals surface area contributed by atoms with Crippen molar-refractivity contribution in [2.45, 2.75) is 52.7 Å². The molecule has 0 aliphatic carbocycles. The fraction of sp³-hybridized carbons (Fsp3) is 0.647. The number of aliphatic hydroxyl groups is 1. The molecule has 0 aliphatic rings. The highest BCUT2D eigenvalue weighted by Crippen LogP contribution is 2.21. The zero-order valence-corrected chi connectivity index (χ0v) is 13.3. The molecule has 0 aliphatic heterocycles. The number of nitrogens with one attached hydrogen (secondary N) is 1. The molecule has 1 rings (SSSR count). The number of hydrogen-bond acceptors (Lipinski definition) is 3. The first-order valence-electron chi connectivity index (χ1n) is 7.64. The molecule has 3 nitrogen and oxygen atoms in total. The van der Waals surface area contributed by atoms with E-state index < -0.39 is 5.60 Å². The molecule has 20 heavy (non-hydrogen) atoms. The Labute approximate surface area is 123 Å². The molecular formula is C17H29NO2. The topological polar surface area (TPSA) is 41.5 Å². The van der Waals surface area contributed by atoms with E-state index in [1.54, 1.807) is 0 Å². The van der Waals surface area contributed by atoms with Crippen LogP contribution in [0.2, 0.25) is 0 Å². The molecule has 1 aromatic rings. The highest BCUT2D eigenvalue weighted by atomic mass is 16.5. The molecule has 3 heteroatoms. The van der Waals surface area contributed by atoms with E-state index in [2.05, 4.69) is 25.2 Å². The maximum Gasteiger partial charge on any atom is 0.123 e. The standard InChI is InChI=1S/C17H29NO2/c1-5-17(19,6-2)13-20-16-10-8-7-9-15(16)12-18-11-14(3)4/h7-10,14,18-19H,5-6,11-13H2,1-4H3. The molecule has 0 bridgehead atoms. The van der Waals surface area contributed by atoms with Crippen LogP contribution in [0.25, 0.3) is 0 Å². The monoisotopic (exact) mass is 279 g/mol. The van der Waals surface area contributed by atoms with Crippen LogP contribution < -0.4 is 10.1 Å². The van der Waals surface area contributed by atoms with Crippen molar-refractivity contribution in [1.82, 2.24) is 5.32 Å². The summed E-state index contributed by atoms with van der Waals surface area (Å²) in [4.78, 5) is 0. The van der Waals surface area contributed by atoms with Crippen LogP contribution in [0.4, 0.5) is 0 Å². The van der Waals surface area contributed by atoms with Gasteiger partial charge >= 0.3 is 0 Å². The lowest BCUT2D eigenvalue weighted by Gasteiger charge is -2.25. The minimum atomic E-state index is -0.724. The van der Waals surface area contributed by atoms with E-state index in [9.17, 15) is 5.11 Å². The van der Waals surface area contributed by atoms with Gasteiger partial charge in [0.05, 0.1) is 5.60 Å².